The number of nitrogens with zero attached hydrogens (tertiary/aromatic N) is 1. The van der Waals surface area contributed by atoms with E-state index in [2.05, 4.69) is 32.7 Å². The third kappa shape index (κ3) is 41.6. The van der Waals surface area contributed by atoms with Crippen molar-refractivity contribution < 1.29 is 93.1 Å². The number of aryl methyl sites for hydroxylation is 1. The van der Waals surface area contributed by atoms with Gasteiger partial charge in [-0.05, 0) is 204 Å². The molecule has 15 N–H and O–H groups in total. The smallest absolute Gasteiger partial charge is 0.157 e. The second-order valence-electron chi connectivity index (χ2n) is 28.6. The van der Waals surface area contributed by atoms with Crippen LogP contribution in [0.15, 0.2) is 151 Å². The Bertz CT molecular complexity index is 3680. The second kappa shape index (κ2) is 59.5. The molecule has 0 saturated carbocycles. The summed E-state index contributed by atoms with van der Waals surface area (Å²) in [7, 11) is 0. The van der Waals surface area contributed by atoms with Crippen LogP contribution in [0.3, 0.4) is 0 Å². The van der Waals surface area contributed by atoms with Gasteiger partial charge in [-0.1, -0.05) is 192 Å². The third-order valence-electron chi connectivity index (χ3n) is 18.4. The standard InChI is InChI=1S/2C15H24O3.C13H18FNO.C13H20O3.C12H17FO2.C11H15FN2O.C11H15FO2/c1-3-11(2)4-7-15(18)12-5-6-13(9-16)14(8-12)10-17;1-3-4-5-11(2)15(18)12-6-7-13(9-16)14(8-12)10-17;1-11(15)4-2-5-12-6-3-7-13(10-12)16-9-8-14;1-3-4-5-9(2)13(16)10-6-7-11(14)12(15)8-10;1-9(2)12(14)10-4-3-5-11(8-10)15-7-6-13;1-9(13)14-8-10-3-2-4-11(7-10)15-6-5-12;1-7(2)11(14)8-3-4-9(6-12)10(13)5-8/h5-6,8,11,15-18H,3-4,7,9-10H2,1-2H3;6-8,11,15-18H,3-5,9-10H2,1-2H3;3,6-7,10,15H,2,4-5,8-9H2,1H3;6-9,13-16H,3-5H2,1-2H3;3-5,8-9,12,14H,6-7H2,1-2H3;2-4,7H,5-6,8H2,1H3,(H2,13,14);3-5,7,11,13-14H,6H2,1-2H3/i;;14-1;;13-1;2*12-1. The van der Waals surface area contributed by atoms with Crippen molar-refractivity contribution in [3.8, 4) is 34.5 Å². The summed E-state index contributed by atoms with van der Waals surface area (Å²) in [5, 5.41) is 122. The minimum absolute atomic E-state index is 0.0568. The number of aliphatic imine (C=N–C) groups is 1. The van der Waals surface area contributed by atoms with E-state index in [1.807, 2.05) is 109 Å². The summed E-state index contributed by atoms with van der Waals surface area (Å²) in [6.07, 6.45) is 9.28. The summed E-state index contributed by atoms with van der Waals surface area (Å²) >= 11 is 0. The highest BCUT2D eigenvalue weighted by molar-refractivity contribution is 5.78. The van der Waals surface area contributed by atoms with Gasteiger partial charge in [0.15, 0.2) is 11.5 Å². The van der Waals surface area contributed by atoms with Gasteiger partial charge in [0.25, 0.3) is 0 Å². The summed E-state index contributed by atoms with van der Waals surface area (Å²) in [6, 6.07) is 42.1. The Kier molecular flexibility index (Phi) is 54.1. The van der Waals surface area contributed by atoms with E-state index in [0.717, 1.165) is 116 Å². The van der Waals surface area contributed by atoms with Gasteiger partial charge in [0.1, 0.15) is 69.5 Å². The molecule has 0 aromatic heterocycles. The molecule has 0 bridgehead atoms. The van der Waals surface area contributed by atoms with Gasteiger partial charge in [-0.25, -0.2) is 17.6 Å². The molecule has 0 radical (unpaired) electrons. The first-order chi connectivity index (χ1) is 53.5. The number of benzene rings is 7. The number of hydrogen-bond acceptors (Lipinski definition) is 17. The Morgan fingerprint density at radius 2 is 0.848 bits per heavy atom. The van der Waals surface area contributed by atoms with E-state index in [4.69, 9.17) is 35.6 Å². The first kappa shape index (κ1) is 102. The maximum absolute atomic E-state index is 12.3. The Morgan fingerprint density at radius 3 is 1.28 bits per heavy atom. The SMILES string of the molecule is CC(=N)CCCc1cccc(OCC[18F])c1.CC(C)C(O)c1ccc(C[18F])c(O)c1.CC(C)C(O)c1cccc(OCC[18F])c1.CC(N)=NCc1cccc(OCC[18F])c1.CCC(C)CCC(O)c1ccc(CO)c(CO)c1.CCCCC(C)C(O)c1ccc(CO)c(CO)c1.CCCCC(C)C(O)c1ccc(O)c(O)c1. The summed E-state index contributed by atoms with van der Waals surface area (Å²) in [5.41, 5.74) is 15.1. The summed E-state index contributed by atoms with van der Waals surface area (Å²) < 4.78 is 63.4. The zero-order chi connectivity index (χ0) is 84.1. The van der Waals surface area contributed by atoms with Crippen LogP contribution in [0.25, 0.3) is 0 Å². The zero-order valence-electron chi connectivity index (χ0n) is 68.2. The van der Waals surface area contributed by atoms with Crippen LogP contribution in [0.5, 0.6) is 34.5 Å². The lowest BCUT2D eigenvalue weighted by atomic mass is 9.91. The fraction of sp³-hybridized carbons (Fsp3) is 0.511. The van der Waals surface area contributed by atoms with Gasteiger partial charge in [0, 0.05) is 11.3 Å². The largest absolute Gasteiger partial charge is 0.508 e. The van der Waals surface area contributed by atoms with Crippen molar-refractivity contribution in [3.05, 3.63) is 212 Å². The number of nitrogens with two attached hydrogens (primary N) is 1. The average Bonchev–Trinajstić information content (AvgIpc) is 0.849. The van der Waals surface area contributed by atoms with E-state index in [1.165, 1.54) is 29.8 Å². The van der Waals surface area contributed by atoms with Crippen LogP contribution >= 0.6 is 0 Å². The molecule has 0 spiro atoms. The molecule has 0 fully saturated rings. The monoisotopic (exact) mass is 1570 g/mol. The number of nitrogens with one attached hydrogen (secondary N) is 1. The number of phenolic OH excluding ortho intramolecular Hbond substituents is 3. The first-order valence-electron chi connectivity index (χ1n) is 39.1. The molecule has 0 heterocycles. The fourth-order valence-corrected chi connectivity index (χ4v) is 11.1. The predicted octanol–water partition coefficient (Wildman–Crippen LogP) is 18.6. The molecule has 7 aromatic carbocycles. The number of aliphatic hydroxyl groups is 9. The molecule has 18 nitrogen and oxygen atoms in total. The maximum atomic E-state index is 12.3. The van der Waals surface area contributed by atoms with Crippen molar-refractivity contribution in [3.63, 3.8) is 0 Å². The van der Waals surface area contributed by atoms with Crippen LogP contribution in [-0.2, 0) is 46.1 Å². The van der Waals surface area contributed by atoms with Gasteiger partial charge in [-0.3, -0.25) is 4.99 Å². The minimum Gasteiger partial charge on any atom is -0.508 e. The third-order valence-corrected chi connectivity index (χ3v) is 18.4. The van der Waals surface area contributed by atoms with Crippen LogP contribution in [0.1, 0.15) is 251 Å². The van der Waals surface area contributed by atoms with Crippen LogP contribution in [0.2, 0.25) is 0 Å². The van der Waals surface area contributed by atoms with Crippen molar-refractivity contribution in [2.24, 2.45) is 40.3 Å². The number of aromatic hydroxyl groups is 3. The number of unbranched alkanes of at least 4 members (excludes halogenated alkanes) is 2. The number of halogens is 4. The van der Waals surface area contributed by atoms with Gasteiger partial charge >= 0.3 is 0 Å². The van der Waals surface area contributed by atoms with Gasteiger partial charge in [-0.15, -0.1) is 0 Å². The number of aliphatic hydroxyl groups excluding tert-OH is 9. The lowest BCUT2D eigenvalue weighted by Gasteiger charge is -2.20. The number of phenols is 3. The van der Waals surface area contributed by atoms with E-state index < -0.39 is 57.2 Å². The summed E-state index contributed by atoms with van der Waals surface area (Å²) in [4.78, 5) is 4.08. The van der Waals surface area contributed by atoms with Crippen molar-refractivity contribution in [1.82, 2.24) is 0 Å². The van der Waals surface area contributed by atoms with Crippen LogP contribution in [0, 0.1) is 35.0 Å². The van der Waals surface area contributed by atoms with E-state index >= 15 is 0 Å². The summed E-state index contributed by atoms with van der Waals surface area (Å²) in [6.45, 7) is 22.1. The second-order valence-corrected chi connectivity index (χ2v) is 28.6. The Hall–Kier alpha value is -8.16. The molecule has 7 aromatic rings. The van der Waals surface area contributed by atoms with Crippen molar-refractivity contribution in [2.75, 3.05) is 39.8 Å². The number of alkyl halides is 4. The molecule has 7 rings (SSSR count). The van der Waals surface area contributed by atoms with Gasteiger partial charge in [0.05, 0.1) is 69.3 Å². The highest BCUT2D eigenvalue weighted by Crippen LogP contribution is 2.34. The van der Waals surface area contributed by atoms with Crippen LogP contribution < -0.4 is 19.9 Å². The Balaban J connectivity index is 0.000000654. The normalized spacial score (nSPS) is 13.1. The molecule has 8 atom stereocenters. The average molecular weight is 1570 g/mol. The number of rotatable bonds is 39. The van der Waals surface area contributed by atoms with Crippen molar-refractivity contribution in [2.45, 2.75) is 230 Å². The zero-order valence-corrected chi connectivity index (χ0v) is 68.2. The molecule has 0 aliphatic heterocycles. The maximum Gasteiger partial charge on any atom is 0.157 e. The van der Waals surface area contributed by atoms with E-state index in [0.29, 0.717) is 57.8 Å². The molecule has 22 heteroatoms. The lowest BCUT2D eigenvalue weighted by Crippen LogP contribution is -2.10. The molecular formula is C90H133F4N3O15. The predicted molar refractivity (Wildman–Crippen MR) is 441 cm³/mol. The molecule has 8 unspecified atom stereocenters. The summed E-state index contributed by atoms with van der Waals surface area (Å²) in [5.74, 6) is 3.31. The molecule has 0 saturated heterocycles. The number of amidine groups is 1. The van der Waals surface area contributed by atoms with E-state index in [9.17, 15) is 68.6 Å². The van der Waals surface area contributed by atoms with Crippen molar-refractivity contribution in [1.29, 1.82) is 5.41 Å². The van der Waals surface area contributed by atoms with Gasteiger partial charge < -0.3 is 86.6 Å². The molecule has 0 aliphatic rings. The Labute approximate surface area is 664 Å². The molecule has 0 aliphatic carbocycles. The highest BCUT2D eigenvalue weighted by atomic mass is 18.2. The molecule has 112 heavy (non-hydrogen) atoms. The fourth-order valence-electron chi connectivity index (χ4n) is 11.1. The topological polar surface area (TPSA) is 333 Å². The minimum atomic E-state index is -0.691. The molecular weight excluding hydrogens is 1430 g/mol. The van der Waals surface area contributed by atoms with Crippen LogP contribution in [-0.4, -0.2) is 113 Å². The highest BCUT2D eigenvalue weighted by Gasteiger charge is 2.20. The lowest BCUT2D eigenvalue weighted by molar-refractivity contribution is 0.111. The van der Waals surface area contributed by atoms with Crippen molar-refractivity contribution >= 4 is 11.5 Å². The van der Waals surface area contributed by atoms with E-state index in [-0.39, 0.29) is 92.7 Å². The molecule has 626 valence electrons. The quantitative estimate of drug-likeness (QED) is 0.00737. The Morgan fingerprint density at radius 1 is 0.438 bits per heavy atom. The number of ether oxygens (including phenoxy) is 3. The van der Waals surface area contributed by atoms with E-state index in [1.54, 1.807) is 67.6 Å². The first-order valence-corrected chi connectivity index (χ1v) is 39.1. The van der Waals surface area contributed by atoms with Gasteiger partial charge in [-0.2, -0.15) is 0 Å². The van der Waals surface area contributed by atoms with Crippen LogP contribution in [0.4, 0.5) is 17.6 Å². The number of hydrogen-bond donors (Lipinski definition) is 14. The molecule has 0 amide bonds. The van der Waals surface area contributed by atoms with Gasteiger partial charge in [0.2, 0.25) is 0 Å².